The Morgan fingerprint density at radius 1 is 0.941 bits per heavy atom. The smallest absolute Gasteiger partial charge is 0.324 e. The maximum absolute atomic E-state index is 14.4. The molecule has 0 saturated carbocycles. The summed E-state index contributed by atoms with van der Waals surface area (Å²) in [4.78, 5) is 42.6. The van der Waals surface area contributed by atoms with E-state index in [4.69, 9.17) is 0 Å². The van der Waals surface area contributed by atoms with Crippen molar-refractivity contribution in [3.8, 4) is 0 Å². The first-order valence-corrected chi connectivity index (χ1v) is 12.0. The zero-order valence-electron chi connectivity index (χ0n) is 18.2. The normalized spacial score (nSPS) is 19.4. The first-order chi connectivity index (χ1) is 16.5. The Labute approximate surface area is 200 Å². The summed E-state index contributed by atoms with van der Waals surface area (Å²) >= 11 is 1.46. The Kier molecular flexibility index (Phi) is 5.83. The van der Waals surface area contributed by atoms with Gasteiger partial charge in [-0.15, -0.1) is 11.8 Å². The quantitative estimate of drug-likeness (QED) is 0.569. The Morgan fingerprint density at radius 2 is 1.53 bits per heavy atom. The highest BCUT2D eigenvalue weighted by molar-refractivity contribution is 7.99. The van der Waals surface area contributed by atoms with Crippen LogP contribution >= 0.6 is 11.8 Å². The predicted octanol–water partition coefficient (Wildman–Crippen LogP) is 3.90. The second kappa shape index (κ2) is 8.95. The molecule has 3 aromatic rings. The Morgan fingerprint density at radius 3 is 2.15 bits per heavy atom. The number of urea groups is 1. The number of amides is 4. The summed E-state index contributed by atoms with van der Waals surface area (Å²) in [6.45, 7) is -0.00768. The average Bonchev–Trinajstić information content (AvgIpc) is 3.45. The van der Waals surface area contributed by atoms with Crippen LogP contribution in [0.2, 0.25) is 0 Å². The van der Waals surface area contributed by atoms with Gasteiger partial charge in [0.15, 0.2) is 5.54 Å². The van der Waals surface area contributed by atoms with Gasteiger partial charge in [-0.2, -0.15) is 0 Å². The van der Waals surface area contributed by atoms with Crippen LogP contribution in [0.4, 0.5) is 9.18 Å². The molecule has 0 aliphatic carbocycles. The second-order valence-corrected chi connectivity index (χ2v) is 9.32. The largest absolute Gasteiger partial charge is 0.326 e. The molecule has 0 radical (unpaired) electrons. The lowest BCUT2D eigenvalue weighted by Crippen LogP contribution is -2.46. The number of hydrogen-bond acceptors (Lipinski definition) is 4. The fourth-order valence-electron chi connectivity index (χ4n) is 4.54. The molecule has 8 heteroatoms. The van der Waals surface area contributed by atoms with Gasteiger partial charge < -0.3 is 10.2 Å². The molecule has 0 bridgehead atoms. The summed E-state index contributed by atoms with van der Waals surface area (Å²) in [5, 5.41) is 2.35. The van der Waals surface area contributed by atoms with E-state index in [1.807, 2.05) is 12.1 Å². The summed E-state index contributed by atoms with van der Waals surface area (Å²) in [5.41, 5.74) is 0.203. The van der Waals surface area contributed by atoms with Crippen molar-refractivity contribution >= 4 is 29.6 Å². The van der Waals surface area contributed by atoms with Gasteiger partial charge in [-0.1, -0.05) is 78.9 Å². The van der Waals surface area contributed by atoms with Crippen LogP contribution in [0.1, 0.15) is 22.1 Å². The standard InChI is InChI=1S/C26H22FN3O3S/c27-21-14-8-7-13-20(21)23-29(15-16-34-23)22(31)17-30-24(32)26(28-25(30)33,18-9-3-1-4-10-18)19-11-5-2-6-12-19/h1-14,23H,15-17H2,(H,28,33). The fraction of sp³-hybridized carbons (Fsp3) is 0.192. The molecule has 34 heavy (non-hydrogen) atoms. The average molecular weight is 476 g/mol. The van der Waals surface area contributed by atoms with Gasteiger partial charge in [0.05, 0.1) is 0 Å². The Hall–Kier alpha value is -3.65. The molecule has 2 saturated heterocycles. The monoisotopic (exact) mass is 475 g/mol. The lowest BCUT2D eigenvalue weighted by molar-refractivity contribution is -0.138. The molecule has 0 aromatic heterocycles. The molecule has 1 atom stereocenters. The van der Waals surface area contributed by atoms with Crippen LogP contribution in [0, 0.1) is 5.82 Å². The number of carbonyl (C=O) groups is 3. The van der Waals surface area contributed by atoms with E-state index in [1.54, 1.807) is 66.7 Å². The molecule has 0 spiro atoms. The van der Waals surface area contributed by atoms with Crippen molar-refractivity contribution in [2.45, 2.75) is 10.9 Å². The molecule has 2 aliphatic rings. The van der Waals surface area contributed by atoms with Crippen molar-refractivity contribution in [2.75, 3.05) is 18.8 Å². The lowest BCUT2D eigenvalue weighted by Gasteiger charge is -2.29. The summed E-state index contributed by atoms with van der Waals surface area (Å²) < 4.78 is 14.4. The number of hydrogen-bond donors (Lipinski definition) is 1. The van der Waals surface area contributed by atoms with Gasteiger partial charge in [-0.25, -0.2) is 9.18 Å². The number of nitrogens with one attached hydrogen (secondary N) is 1. The van der Waals surface area contributed by atoms with Crippen molar-refractivity contribution in [3.63, 3.8) is 0 Å². The number of carbonyl (C=O) groups excluding carboxylic acids is 3. The number of rotatable bonds is 5. The molecular weight excluding hydrogens is 453 g/mol. The fourth-order valence-corrected chi connectivity index (χ4v) is 5.84. The minimum absolute atomic E-state index is 0.387. The van der Waals surface area contributed by atoms with Gasteiger partial charge in [0.25, 0.3) is 5.91 Å². The summed E-state index contributed by atoms with van der Waals surface area (Å²) in [6.07, 6.45) is 0. The first kappa shape index (κ1) is 22.2. The predicted molar refractivity (Wildman–Crippen MR) is 127 cm³/mol. The van der Waals surface area contributed by atoms with Gasteiger partial charge >= 0.3 is 6.03 Å². The molecule has 2 heterocycles. The number of nitrogens with zero attached hydrogens (tertiary/aromatic N) is 2. The summed E-state index contributed by atoms with van der Waals surface area (Å²) in [7, 11) is 0. The third kappa shape index (κ3) is 3.64. The molecule has 5 rings (SSSR count). The molecule has 1 unspecified atom stereocenters. The highest BCUT2D eigenvalue weighted by atomic mass is 32.2. The van der Waals surface area contributed by atoms with Crippen molar-refractivity contribution < 1.29 is 18.8 Å². The zero-order chi connectivity index (χ0) is 23.7. The van der Waals surface area contributed by atoms with E-state index in [0.29, 0.717) is 29.0 Å². The molecule has 2 aliphatic heterocycles. The van der Waals surface area contributed by atoms with Crippen LogP contribution in [0.3, 0.4) is 0 Å². The molecule has 1 N–H and O–H groups in total. The van der Waals surface area contributed by atoms with E-state index in [2.05, 4.69) is 5.32 Å². The van der Waals surface area contributed by atoms with E-state index in [-0.39, 0.29) is 5.82 Å². The number of halogens is 1. The van der Waals surface area contributed by atoms with E-state index in [0.717, 1.165) is 4.90 Å². The zero-order valence-corrected chi connectivity index (χ0v) is 19.0. The molecule has 2 fully saturated rings. The van der Waals surface area contributed by atoms with Gasteiger partial charge in [0.1, 0.15) is 17.7 Å². The van der Waals surface area contributed by atoms with E-state index < -0.39 is 35.3 Å². The summed E-state index contributed by atoms with van der Waals surface area (Å²) in [6, 6.07) is 23.7. The second-order valence-electron chi connectivity index (χ2n) is 8.14. The van der Waals surface area contributed by atoms with E-state index >= 15 is 0 Å². The van der Waals surface area contributed by atoms with Crippen LogP contribution in [0.25, 0.3) is 0 Å². The van der Waals surface area contributed by atoms with Crippen molar-refractivity contribution in [1.29, 1.82) is 0 Å². The topological polar surface area (TPSA) is 69.7 Å². The highest BCUT2D eigenvalue weighted by Crippen LogP contribution is 2.40. The number of imide groups is 1. The van der Waals surface area contributed by atoms with Crippen LogP contribution < -0.4 is 5.32 Å². The number of thioether (sulfide) groups is 1. The SMILES string of the molecule is O=C1NC(c2ccccc2)(c2ccccc2)C(=O)N1CC(=O)N1CCSC1c1ccccc1F. The van der Waals surface area contributed by atoms with Crippen molar-refractivity contribution in [3.05, 3.63) is 107 Å². The highest BCUT2D eigenvalue weighted by Gasteiger charge is 2.54. The molecule has 4 amide bonds. The Bertz CT molecular complexity index is 1200. The van der Waals surface area contributed by atoms with Gasteiger partial charge in [0, 0.05) is 17.9 Å². The van der Waals surface area contributed by atoms with Crippen LogP contribution in [-0.2, 0) is 15.1 Å². The minimum atomic E-state index is -1.43. The molecule has 3 aromatic carbocycles. The van der Waals surface area contributed by atoms with Gasteiger partial charge in [0.2, 0.25) is 5.91 Å². The van der Waals surface area contributed by atoms with Crippen molar-refractivity contribution in [2.24, 2.45) is 0 Å². The number of benzene rings is 3. The van der Waals surface area contributed by atoms with Gasteiger partial charge in [-0.3, -0.25) is 14.5 Å². The van der Waals surface area contributed by atoms with Crippen molar-refractivity contribution in [1.82, 2.24) is 15.1 Å². The maximum atomic E-state index is 14.4. The van der Waals surface area contributed by atoms with Gasteiger partial charge in [-0.05, 0) is 17.2 Å². The maximum Gasteiger partial charge on any atom is 0.326 e. The first-order valence-electron chi connectivity index (χ1n) is 10.9. The van der Waals surface area contributed by atoms with Crippen LogP contribution in [0.5, 0.6) is 0 Å². The Balaban J connectivity index is 1.45. The minimum Gasteiger partial charge on any atom is -0.324 e. The third-order valence-corrected chi connectivity index (χ3v) is 7.44. The summed E-state index contributed by atoms with van der Waals surface area (Å²) in [5.74, 6) is -0.666. The van der Waals surface area contributed by atoms with E-state index in [1.165, 1.54) is 22.7 Å². The van der Waals surface area contributed by atoms with Crippen LogP contribution in [0.15, 0.2) is 84.9 Å². The third-order valence-electron chi connectivity index (χ3n) is 6.20. The molecule has 172 valence electrons. The molecular formula is C26H22FN3O3S. The van der Waals surface area contributed by atoms with Crippen LogP contribution in [-0.4, -0.2) is 46.5 Å². The molecule has 6 nitrogen and oxygen atoms in total. The lowest BCUT2D eigenvalue weighted by atomic mass is 9.82. The van der Waals surface area contributed by atoms with E-state index in [9.17, 15) is 18.8 Å².